The van der Waals surface area contributed by atoms with Crippen LogP contribution in [0.15, 0.2) is 42.1 Å². The van der Waals surface area contributed by atoms with Crippen LogP contribution in [0, 0.1) is 24.1 Å². The molecule has 0 saturated carbocycles. The number of nitrogens with two attached hydrogens (primary N) is 1. The Balaban J connectivity index is 0.00000145. The molecule has 0 bridgehead atoms. The summed E-state index contributed by atoms with van der Waals surface area (Å²) < 4.78 is 13.7. The van der Waals surface area contributed by atoms with Gasteiger partial charge in [-0.3, -0.25) is 0 Å². The molecule has 0 unspecified atom stereocenters. The lowest BCUT2D eigenvalue weighted by molar-refractivity contribution is 0.619. The molecule has 1 aromatic carbocycles. The van der Waals surface area contributed by atoms with Gasteiger partial charge in [0.15, 0.2) is 0 Å². The fourth-order valence-electron chi connectivity index (χ4n) is 2.81. The molecule has 2 aromatic heterocycles. The SMILES string of the molecule is CC.Cc1cc(-c2nc(/C=C(\C=N)C(C)C)[nH]c2-c2ccnc(N)c2)ccc1F. The zero-order chi connectivity index (χ0) is 21.6. The molecule has 3 aromatic rings. The summed E-state index contributed by atoms with van der Waals surface area (Å²) in [5.74, 6) is 0.978. The summed E-state index contributed by atoms with van der Waals surface area (Å²) in [5, 5.41) is 7.61. The van der Waals surface area contributed by atoms with Crippen LogP contribution in [0.25, 0.3) is 28.6 Å². The number of anilines is 1. The molecule has 0 atom stereocenters. The Morgan fingerprint density at radius 3 is 2.48 bits per heavy atom. The van der Waals surface area contributed by atoms with Crippen molar-refractivity contribution in [3.63, 3.8) is 0 Å². The molecule has 3 rings (SSSR count). The lowest BCUT2D eigenvalue weighted by atomic mass is 10.0. The minimum atomic E-state index is -0.255. The van der Waals surface area contributed by atoms with Gasteiger partial charge < -0.3 is 16.1 Å². The van der Waals surface area contributed by atoms with Gasteiger partial charge in [-0.15, -0.1) is 0 Å². The highest BCUT2D eigenvalue weighted by atomic mass is 19.1. The highest BCUT2D eigenvalue weighted by molar-refractivity contribution is 5.85. The maximum atomic E-state index is 13.7. The third kappa shape index (κ3) is 5.16. The number of aromatic amines is 1. The van der Waals surface area contributed by atoms with Crippen LogP contribution < -0.4 is 5.73 Å². The predicted octanol–water partition coefficient (Wildman–Crippen LogP) is 5.88. The number of halogens is 1. The fraction of sp³-hybridized carbons (Fsp3) is 0.261. The second kappa shape index (κ2) is 9.78. The van der Waals surface area contributed by atoms with Gasteiger partial charge in [0.2, 0.25) is 0 Å². The monoisotopic (exact) mass is 393 g/mol. The van der Waals surface area contributed by atoms with Gasteiger partial charge in [-0.1, -0.05) is 27.7 Å². The fourth-order valence-corrected chi connectivity index (χ4v) is 2.81. The number of H-pyrrole nitrogens is 1. The van der Waals surface area contributed by atoms with Crippen molar-refractivity contribution in [2.24, 2.45) is 5.92 Å². The third-order valence-corrected chi connectivity index (χ3v) is 4.36. The minimum Gasteiger partial charge on any atom is -0.384 e. The van der Waals surface area contributed by atoms with Gasteiger partial charge in [0.1, 0.15) is 17.5 Å². The zero-order valence-electron chi connectivity index (χ0n) is 17.5. The number of allylic oxidation sites excluding steroid dienone is 1. The van der Waals surface area contributed by atoms with E-state index in [4.69, 9.17) is 16.1 Å². The summed E-state index contributed by atoms with van der Waals surface area (Å²) in [7, 11) is 0. The summed E-state index contributed by atoms with van der Waals surface area (Å²) in [4.78, 5) is 12.1. The standard InChI is InChI=1S/C21H22FN5.C2H6/c1-12(2)16(11-23)10-19-26-20(14-4-5-17(22)13(3)8-14)21(27-19)15-6-7-25-18(24)9-15;1-2/h4-12,23H,1-3H3,(H2,24,25)(H,26,27);1-2H3/b16-10+,23-11?;. The first-order chi connectivity index (χ1) is 13.9. The molecule has 29 heavy (non-hydrogen) atoms. The summed E-state index contributed by atoms with van der Waals surface area (Å²) in [5.41, 5.74) is 10.4. The van der Waals surface area contributed by atoms with Crippen molar-refractivity contribution in [1.29, 1.82) is 5.41 Å². The van der Waals surface area contributed by atoms with Crippen LogP contribution in [0.2, 0.25) is 0 Å². The maximum absolute atomic E-state index is 13.7. The van der Waals surface area contributed by atoms with E-state index in [1.165, 1.54) is 12.3 Å². The van der Waals surface area contributed by atoms with Gasteiger partial charge in [-0.25, -0.2) is 14.4 Å². The Bertz CT molecular complexity index is 1020. The first kappa shape index (κ1) is 22.0. The molecule has 2 heterocycles. The van der Waals surface area contributed by atoms with Crippen LogP contribution >= 0.6 is 0 Å². The number of pyridine rings is 1. The quantitative estimate of drug-likeness (QED) is 0.472. The van der Waals surface area contributed by atoms with Crippen LogP contribution in [-0.4, -0.2) is 21.2 Å². The van der Waals surface area contributed by atoms with Crippen molar-refractivity contribution in [3.05, 3.63) is 59.3 Å². The molecule has 152 valence electrons. The first-order valence-electron chi connectivity index (χ1n) is 9.69. The number of benzene rings is 1. The van der Waals surface area contributed by atoms with Crippen molar-refractivity contribution in [2.45, 2.75) is 34.6 Å². The third-order valence-electron chi connectivity index (χ3n) is 4.36. The summed E-state index contributed by atoms with van der Waals surface area (Å²) >= 11 is 0. The molecule has 4 N–H and O–H groups in total. The largest absolute Gasteiger partial charge is 0.384 e. The number of hydrogen-bond donors (Lipinski definition) is 3. The Hall–Kier alpha value is -3.28. The molecule has 6 heteroatoms. The normalized spacial score (nSPS) is 11.2. The predicted molar refractivity (Wildman–Crippen MR) is 119 cm³/mol. The van der Waals surface area contributed by atoms with E-state index in [0.717, 1.165) is 22.4 Å². The highest BCUT2D eigenvalue weighted by Gasteiger charge is 2.15. The average molecular weight is 394 g/mol. The molecule has 0 aliphatic heterocycles. The molecular formula is C23H28FN5. The molecule has 0 radical (unpaired) electrons. The van der Waals surface area contributed by atoms with Gasteiger partial charge in [0, 0.05) is 23.5 Å². The van der Waals surface area contributed by atoms with E-state index in [2.05, 4.69) is 9.97 Å². The minimum absolute atomic E-state index is 0.198. The van der Waals surface area contributed by atoms with Gasteiger partial charge >= 0.3 is 0 Å². The summed E-state index contributed by atoms with van der Waals surface area (Å²) in [6, 6.07) is 8.53. The van der Waals surface area contributed by atoms with E-state index >= 15 is 0 Å². The lowest BCUT2D eigenvalue weighted by Crippen LogP contribution is -1.95. The Morgan fingerprint density at radius 2 is 1.90 bits per heavy atom. The number of hydrogen-bond acceptors (Lipinski definition) is 4. The van der Waals surface area contributed by atoms with Crippen LogP contribution in [0.4, 0.5) is 10.2 Å². The van der Waals surface area contributed by atoms with Gasteiger partial charge in [0.25, 0.3) is 0 Å². The number of aromatic nitrogens is 3. The Labute approximate surface area is 171 Å². The van der Waals surface area contributed by atoms with E-state index in [1.807, 2.05) is 39.8 Å². The van der Waals surface area contributed by atoms with Gasteiger partial charge in [-0.2, -0.15) is 0 Å². The summed E-state index contributed by atoms with van der Waals surface area (Å²) in [6.45, 7) is 9.77. The van der Waals surface area contributed by atoms with Crippen molar-refractivity contribution < 1.29 is 4.39 Å². The van der Waals surface area contributed by atoms with E-state index in [0.29, 0.717) is 22.9 Å². The first-order valence-corrected chi connectivity index (χ1v) is 9.69. The molecule has 5 nitrogen and oxygen atoms in total. The van der Waals surface area contributed by atoms with E-state index in [-0.39, 0.29) is 11.7 Å². The lowest BCUT2D eigenvalue weighted by Gasteiger charge is -2.05. The number of nitrogens with one attached hydrogen (secondary N) is 2. The van der Waals surface area contributed by atoms with Crippen LogP contribution in [-0.2, 0) is 0 Å². The van der Waals surface area contributed by atoms with Crippen LogP contribution in [0.5, 0.6) is 0 Å². The molecule has 0 amide bonds. The van der Waals surface area contributed by atoms with Crippen molar-refractivity contribution >= 4 is 18.1 Å². The Kier molecular flexibility index (Phi) is 7.42. The molecule has 0 aliphatic carbocycles. The number of imidazole rings is 1. The average Bonchev–Trinajstić information content (AvgIpc) is 3.13. The van der Waals surface area contributed by atoms with Gasteiger partial charge in [0.05, 0.1) is 11.4 Å². The van der Waals surface area contributed by atoms with Crippen molar-refractivity contribution in [1.82, 2.24) is 15.0 Å². The van der Waals surface area contributed by atoms with E-state index < -0.39 is 0 Å². The van der Waals surface area contributed by atoms with E-state index in [9.17, 15) is 4.39 Å². The van der Waals surface area contributed by atoms with E-state index in [1.54, 1.807) is 31.3 Å². The second-order valence-corrected chi connectivity index (χ2v) is 6.72. The maximum Gasteiger partial charge on any atom is 0.131 e. The smallest absolute Gasteiger partial charge is 0.131 e. The molecule has 0 spiro atoms. The molecular weight excluding hydrogens is 365 g/mol. The van der Waals surface area contributed by atoms with Gasteiger partial charge in [-0.05, 0) is 60.4 Å². The topological polar surface area (TPSA) is 91.4 Å². The number of aryl methyl sites for hydroxylation is 1. The van der Waals surface area contributed by atoms with Crippen molar-refractivity contribution in [3.8, 4) is 22.5 Å². The molecule has 0 fully saturated rings. The van der Waals surface area contributed by atoms with Crippen molar-refractivity contribution in [2.75, 3.05) is 5.73 Å². The van der Waals surface area contributed by atoms with Crippen LogP contribution in [0.3, 0.4) is 0 Å². The number of nitrogen functional groups attached to an aromatic ring is 1. The summed E-state index contributed by atoms with van der Waals surface area (Å²) in [6.07, 6.45) is 4.82. The molecule has 0 aliphatic rings. The number of nitrogens with zero attached hydrogens (tertiary/aromatic N) is 2. The zero-order valence-corrected chi connectivity index (χ0v) is 17.5. The Morgan fingerprint density at radius 1 is 1.17 bits per heavy atom. The second-order valence-electron chi connectivity index (χ2n) is 6.72. The number of rotatable bonds is 5. The van der Waals surface area contributed by atoms with Crippen LogP contribution in [0.1, 0.15) is 39.1 Å². The highest BCUT2D eigenvalue weighted by Crippen LogP contribution is 2.32. The molecule has 0 saturated heterocycles.